The van der Waals surface area contributed by atoms with E-state index in [1.807, 2.05) is 0 Å². The number of hydrogen-bond acceptors (Lipinski definition) is 5. The number of halogens is 1. The van der Waals surface area contributed by atoms with E-state index in [0.717, 1.165) is 12.0 Å². The van der Waals surface area contributed by atoms with Crippen LogP contribution in [0.2, 0.25) is 0 Å². The van der Waals surface area contributed by atoms with Crippen molar-refractivity contribution in [1.82, 2.24) is 4.90 Å². The average molecular weight is 575 g/mol. The monoisotopic (exact) mass is 574 g/mol. The van der Waals surface area contributed by atoms with Gasteiger partial charge in [-0.25, -0.2) is 9.18 Å². The van der Waals surface area contributed by atoms with Crippen LogP contribution in [0.1, 0.15) is 57.8 Å². The van der Waals surface area contributed by atoms with Gasteiger partial charge in [-0.1, -0.05) is 18.2 Å². The van der Waals surface area contributed by atoms with Gasteiger partial charge in [0, 0.05) is 24.2 Å². The Bertz CT molecular complexity index is 1490. The molecule has 0 radical (unpaired) electrons. The Morgan fingerprint density at radius 1 is 0.810 bits per heavy atom. The van der Waals surface area contributed by atoms with Crippen molar-refractivity contribution < 1.29 is 28.3 Å². The van der Waals surface area contributed by atoms with Crippen LogP contribution in [0.4, 0.5) is 26.2 Å². The van der Waals surface area contributed by atoms with E-state index in [0.29, 0.717) is 41.2 Å². The summed E-state index contributed by atoms with van der Waals surface area (Å²) in [6, 6.07) is 17.3. The van der Waals surface area contributed by atoms with Crippen molar-refractivity contribution in [3.05, 3.63) is 78.1 Å². The Morgan fingerprint density at radius 3 is 2.05 bits per heavy atom. The second-order valence-corrected chi connectivity index (χ2v) is 11.6. The van der Waals surface area contributed by atoms with Crippen LogP contribution >= 0.6 is 0 Å². The number of likely N-dealkylation sites (tertiary alicyclic amines) is 1. The number of hydrogen-bond donors (Lipinski definition) is 3. The van der Waals surface area contributed by atoms with Gasteiger partial charge < -0.3 is 20.3 Å². The fourth-order valence-electron chi connectivity index (χ4n) is 4.54. The zero-order chi connectivity index (χ0) is 30.7. The molecule has 1 saturated heterocycles. The van der Waals surface area contributed by atoms with Gasteiger partial charge in [0.2, 0.25) is 11.8 Å². The lowest BCUT2D eigenvalue weighted by molar-refractivity contribution is -0.139. The summed E-state index contributed by atoms with van der Waals surface area (Å²) in [6.07, 6.45) is 0.468. The zero-order valence-corrected chi connectivity index (χ0v) is 24.3. The predicted molar refractivity (Wildman–Crippen MR) is 160 cm³/mol. The quantitative estimate of drug-likeness (QED) is 0.301. The predicted octanol–water partition coefficient (Wildman–Crippen LogP) is 6.43. The normalized spacial score (nSPS) is 13.5. The molecule has 9 nitrogen and oxygen atoms in total. The van der Waals surface area contributed by atoms with Crippen molar-refractivity contribution >= 4 is 40.9 Å². The molecule has 0 spiro atoms. The van der Waals surface area contributed by atoms with Gasteiger partial charge >= 0.3 is 6.09 Å². The summed E-state index contributed by atoms with van der Waals surface area (Å²) in [5.41, 5.74) is 1.06. The van der Waals surface area contributed by atoms with Crippen molar-refractivity contribution in [2.24, 2.45) is 0 Å². The van der Waals surface area contributed by atoms with E-state index in [-0.39, 0.29) is 17.6 Å². The number of amides is 4. The summed E-state index contributed by atoms with van der Waals surface area (Å²) in [4.78, 5) is 52.4. The Hall–Kier alpha value is -4.73. The average Bonchev–Trinajstić information content (AvgIpc) is 3.36. The molecule has 3 aromatic carbocycles. The smallest absolute Gasteiger partial charge is 0.412 e. The third-order valence-electron chi connectivity index (χ3n) is 6.79. The minimum atomic E-state index is -1.02. The molecule has 4 rings (SSSR count). The van der Waals surface area contributed by atoms with Crippen LogP contribution in [-0.2, 0) is 14.3 Å². The standard InChI is InChI=1S/C32H35FN4O5/c1-31(2,3)42-30(41)36-25-17-12-22(20-8-13-23(33)14-9-20)19-26(25)35-28(39)21-10-15-24(16-11-21)34-29(40)32(4,5)37-18-6-7-27(37)38/h8-17,19H,6-7,18H2,1-5H3,(H,34,40)(H,35,39)(H,36,41). The van der Waals surface area contributed by atoms with E-state index >= 15 is 0 Å². The molecule has 0 aromatic heterocycles. The summed E-state index contributed by atoms with van der Waals surface area (Å²) < 4.78 is 18.8. The molecule has 0 unspecified atom stereocenters. The highest BCUT2D eigenvalue weighted by molar-refractivity contribution is 6.08. The van der Waals surface area contributed by atoms with Crippen LogP contribution in [0.3, 0.4) is 0 Å². The first-order valence-corrected chi connectivity index (χ1v) is 13.7. The maximum atomic E-state index is 13.5. The first-order chi connectivity index (χ1) is 19.7. The molecule has 1 aliphatic rings. The highest BCUT2D eigenvalue weighted by Crippen LogP contribution is 2.31. The molecule has 220 valence electrons. The first kappa shape index (κ1) is 30.2. The summed E-state index contributed by atoms with van der Waals surface area (Å²) in [7, 11) is 0. The largest absolute Gasteiger partial charge is 0.444 e. The molecule has 3 N–H and O–H groups in total. The van der Waals surface area contributed by atoms with E-state index in [1.165, 1.54) is 12.1 Å². The molecule has 0 atom stereocenters. The first-order valence-electron chi connectivity index (χ1n) is 13.7. The van der Waals surface area contributed by atoms with Gasteiger partial charge in [-0.05, 0) is 101 Å². The fraction of sp³-hybridized carbons (Fsp3) is 0.312. The van der Waals surface area contributed by atoms with Gasteiger partial charge in [-0.15, -0.1) is 0 Å². The minimum Gasteiger partial charge on any atom is -0.444 e. The number of ether oxygens (including phenoxy) is 1. The summed E-state index contributed by atoms with van der Waals surface area (Å²) >= 11 is 0. The number of anilines is 3. The van der Waals surface area contributed by atoms with Crippen molar-refractivity contribution in [2.75, 3.05) is 22.5 Å². The van der Waals surface area contributed by atoms with Crippen LogP contribution < -0.4 is 16.0 Å². The lowest BCUT2D eigenvalue weighted by Crippen LogP contribution is -2.53. The van der Waals surface area contributed by atoms with Crippen LogP contribution in [-0.4, -0.2) is 46.4 Å². The van der Waals surface area contributed by atoms with Crippen molar-refractivity contribution in [1.29, 1.82) is 0 Å². The summed E-state index contributed by atoms with van der Waals surface area (Å²) in [5.74, 6) is -1.21. The molecule has 1 aliphatic heterocycles. The molecule has 0 saturated carbocycles. The van der Waals surface area contributed by atoms with E-state index in [9.17, 15) is 23.6 Å². The molecule has 0 aliphatic carbocycles. The Morgan fingerprint density at radius 2 is 1.45 bits per heavy atom. The zero-order valence-electron chi connectivity index (χ0n) is 24.3. The Kier molecular flexibility index (Phi) is 8.65. The van der Waals surface area contributed by atoms with Crippen LogP contribution in [0.15, 0.2) is 66.7 Å². The third-order valence-corrected chi connectivity index (χ3v) is 6.79. The maximum absolute atomic E-state index is 13.5. The van der Waals surface area contributed by atoms with Gasteiger partial charge in [0.15, 0.2) is 0 Å². The van der Waals surface area contributed by atoms with Gasteiger partial charge in [0.05, 0.1) is 11.4 Å². The molecule has 42 heavy (non-hydrogen) atoms. The molecular weight excluding hydrogens is 539 g/mol. The second-order valence-electron chi connectivity index (χ2n) is 11.6. The molecule has 10 heteroatoms. The van der Waals surface area contributed by atoms with Crippen molar-refractivity contribution in [3.8, 4) is 11.1 Å². The number of rotatable bonds is 7. The number of nitrogens with zero attached hydrogens (tertiary/aromatic N) is 1. The van der Waals surface area contributed by atoms with Gasteiger partial charge in [0.1, 0.15) is 17.0 Å². The van der Waals surface area contributed by atoms with Crippen molar-refractivity contribution in [2.45, 2.75) is 58.6 Å². The van der Waals surface area contributed by atoms with E-state index in [4.69, 9.17) is 4.74 Å². The van der Waals surface area contributed by atoms with E-state index in [1.54, 1.807) is 94.1 Å². The topological polar surface area (TPSA) is 117 Å². The lowest BCUT2D eigenvalue weighted by Gasteiger charge is -2.34. The maximum Gasteiger partial charge on any atom is 0.412 e. The van der Waals surface area contributed by atoms with E-state index < -0.39 is 23.1 Å². The van der Waals surface area contributed by atoms with Gasteiger partial charge in [0.25, 0.3) is 5.91 Å². The number of nitrogens with one attached hydrogen (secondary N) is 3. The Balaban J connectivity index is 1.52. The van der Waals surface area contributed by atoms with Crippen LogP contribution in [0, 0.1) is 5.82 Å². The van der Waals surface area contributed by atoms with Crippen LogP contribution in [0.25, 0.3) is 11.1 Å². The lowest BCUT2D eigenvalue weighted by atomic mass is 10.0. The highest BCUT2D eigenvalue weighted by Gasteiger charge is 2.39. The number of benzene rings is 3. The number of carbonyl (C=O) groups is 4. The third kappa shape index (κ3) is 7.31. The highest BCUT2D eigenvalue weighted by atomic mass is 19.1. The summed E-state index contributed by atoms with van der Waals surface area (Å²) in [5, 5.41) is 8.32. The molecule has 0 bridgehead atoms. The van der Waals surface area contributed by atoms with E-state index in [2.05, 4.69) is 16.0 Å². The second kappa shape index (κ2) is 12.0. The molecular formula is C32H35FN4O5. The minimum absolute atomic E-state index is 0.0498. The molecule has 3 aromatic rings. The van der Waals surface area contributed by atoms with Gasteiger partial charge in [-0.3, -0.25) is 19.7 Å². The molecule has 1 heterocycles. The molecule has 1 fully saturated rings. The molecule has 4 amide bonds. The van der Waals surface area contributed by atoms with Gasteiger partial charge in [-0.2, -0.15) is 0 Å². The SMILES string of the molecule is CC(C)(C)OC(=O)Nc1ccc(-c2ccc(F)cc2)cc1NC(=O)c1ccc(NC(=O)C(C)(C)N2CCCC2=O)cc1. The fourth-order valence-corrected chi connectivity index (χ4v) is 4.54. The Labute approximate surface area is 244 Å². The number of carbonyl (C=O) groups excluding carboxylic acids is 4. The summed E-state index contributed by atoms with van der Waals surface area (Å²) in [6.45, 7) is 9.17. The van der Waals surface area contributed by atoms with Crippen molar-refractivity contribution in [3.63, 3.8) is 0 Å². The van der Waals surface area contributed by atoms with Crippen LogP contribution in [0.5, 0.6) is 0 Å².